The molecule has 0 aliphatic heterocycles. The summed E-state index contributed by atoms with van der Waals surface area (Å²) in [5.41, 5.74) is 6.53. The van der Waals surface area contributed by atoms with Gasteiger partial charge in [0, 0.05) is 6.04 Å². The molecular formula is C9H17N. The molecule has 0 aromatic carbocycles. The van der Waals surface area contributed by atoms with Crippen LogP contribution in [0.5, 0.6) is 0 Å². The maximum atomic E-state index is 5.78. The van der Waals surface area contributed by atoms with Gasteiger partial charge in [0.2, 0.25) is 0 Å². The van der Waals surface area contributed by atoms with E-state index in [2.05, 4.69) is 0 Å². The van der Waals surface area contributed by atoms with E-state index in [0.29, 0.717) is 6.04 Å². The Labute approximate surface area is 63.0 Å². The molecule has 0 aromatic rings. The van der Waals surface area contributed by atoms with Gasteiger partial charge in [-0.15, -0.1) is 0 Å². The zero-order chi connectivity index (χ0) is 7.03. The molecular weight excluding hydrogens is 122 g/mol. The van der Waals surface area contributed by atoms with Crippen molar-refractivity contribution >= 4 is 0 Å². The Morgan fingerprint density at radius 2 is 1.60 bits per heavy atom. The predicted molar refractivity (Wildman–Crippen MR) is 42.7 cm³/mol. The van der Waals surface area contributed by atoms with E-state index in [4.69, 9.17) is 5.73 Å². The first kappa shape index (κ1) is 6.66. The number of rotatable bonds is 0. The second kappa shape index (κ2) is 2.23. The van der Waals surface area contributed by atoms with Crippen molar-refractivity contribution in [3.8, 4) is 0 Å². The summed E-state index contributed by atoms with van der Waals surface area (Å²) in [5, 5.41) is 0. The van der Waals surface area contributed by atoms with Gasteiger partial charge in [-0.1, -0.05) is 19.3 Å². The molecule has 2 saturated carbocycles. The second-order valence-corrected chi connectivity index (χ2v) is 4.23. The van der Waals surface area contributed by atoms with Gasteiger partial charge in [0.1, 0.15) is 0 Å². The lowest BCUT2D eigenvalue weighted by Crippen LogP contribution is -2.46. The minimum Gasteiger partial charge on any atom is -0.328 e. The third-order valence-electron chi connectivity index (χ3n) is 3.30. The van der Waals surface area contributed by atoms with Crippen molar-refractivity contribution in [1.82, 2.24) is 0 Å². The quantitative estimate of drug-likeness (QED) is 0.546. The van der Waals surface area contributed by atoms with Crippen LogP contribution in [0.1, 0.15) is 44.9 Å². The third kappa shape index (κ3) is 0.968. The maximum Gasteiger partial charge on any atom is 0.00494 e. The molecule has 0 atom stereocenters. The van der Waals surface area contributed by atoms with Gasteiger partial charge in [0.05, 0.1) is 0 Å². The van der Waals surface area contributed by atoms with Crippen LogP contribution in [-0.4, -0.2) is 6.04 Å². The van der Waals surface area contributed by atoms with E-state index in [1.54, 1.807) is 0 Å². The highest BCUT2D eigenvalue weighted by Crippen LogP contribution is 2.50. The molecule has 2 aliphatic carbocycles. The highest BCUT2D eigenvalue weighted by atomic mass is 14.7. The Kier molecular flexibility index (Phi) is 1.48. The van der Waals surface area contributed by atoms with E-state index in [-0.39, 0.29) is 0 Å². The van der Waals surface area contributed by atoms with Gasteiger partial charge in [0.25, 0.3) is 0 Å². The van der Waals surface area contributed by atoms with Crippen LogP contribution in [0.2, 0.25) is 0 Å². The summed E-state index contributed by atoms with van der Waals surface area (Å²) in [5.74, 6) is 0. The van der Waals surface area contributed by atoms with Crippen molar-refractivity contribution in [2.75, 3.05) is 0 Å². The summed E-state index contributed by atoms with van der Waals surface area (Å²) >= 11 is 0. The van der Waals surface area contributed by atoms with Crippen LogP contribution in [0.4, 0.5) is 0 Å². The monoisotopic (exact) mass is 139 g/mol. The van der Waals surface area contributed by atoms with E-state index in [1.165, 1.54) is 44.9 Å². The number of nitrogens with two attached hydrogens (primary N) is 1. The van der Waals surface area contributed by atoms with E-state index in [9.17, 15) is 0 Å². The van der Waals surface area contributed by atoms with E-state index in [1.807, 2.05) is 0 Å². The minimum absolute atomic E-state index is 0.554. The Hall–Kier alpha value is -0.0400. The van der Waals surface area contributed by atoms with Crippen molar-refractivity contribution in [3.63, 3.8) is 0 Å². The van der Waals surface area contributed by atoms with Gasteiger partial charge >= 0.3 is 0 Å². The van der Waals surface area contributed by atoms with Gasteiger partial charge in [-0.25, -0.2) is 0 Å². The SMILES string of the molecule is NC1CC2(CCCCC2)C1. The van der Waals surface area contributed by atoms with E-state index < -0.39 is 0 Å². The van der Waals surface area contributed by atoms with Gasteiger partial charge < -0.3 is 5.73 Å². The molecule has 1 nitrogen and oxygen atoms in total. The van der Waals surface area contributed by atoms with Crippen LogP contribution in [0.25, 0.3) is 0 Å². The Morgan fingerprint density at radius 3 is 2.10 bits per heavy atom. The lowest BCUT2D eigenvalue weighted by Gasteiger charge is -2.49. The zero-order valence-electron chi connectivity index (χ0n) is 6.60. The average Bonchev–Trinajstić information content (AvgIpc) is 1.87. The smallest absolute Gasteiger partial charge is 0.00494 e. The molecule has 1 heteroatoms. The standard InChI is InChI=1S/C9H17N/c10-8-6-9(7-8)4-2-1-3-5-9/h8H,1-7,10H2. The molecule has 1 spiro atoms. The molecule has 2 fully saturated rings. The Balaban J connectivity index is 1.90. The zero-order valence-corrected chi connectivity index (χ0v) is 6.60. The van der Waals surface area contributed by atoms with Gasteiger partial charge in [-0.2, -0.15) is 0 Å². The molecule has 2 N–H and O–H groups in total. The van der Waals surface area contributed by atoms with Crippen molar-refractivity contribution in [2.24, 2.45) is 11.1 Å². The molecule has 0 radical (unpaired) electrons. The van der Waals surface area contributed by atoms with Crippen molar-refractivity contribution in [2.45, 2.75) is 51.0 Å². The second-order valence-electron chi connectivity index (χ2n) is 4.23. The van der Waals surface area contributed by atoms with E-state index >= 15 is 0 Å². The molecule has 10 heavy (non-hydrogen) atoms. The summed E-state index contributed by atoms with van der Waals surface area (Å²) in [6.07, 6.45) is 10.00. The van der Waals surface area contributed by atoms with Crippen LogP contribution >= 0.6 is 0 Å². The fourth-order valence-corrected chi connectivity index (χ4v) is 2.76. The van der Waals surface area contributed by atoms with Gasteiger partial charge in [0.15, 0.2) is 0 Å². The molecule has 0 aromatic heterocycles. The highest BCUT2D eigenvalue weighted by Gasteiger charge is 2.42. The Bertz CT molecular complexity index is 109. The normalized spacial score (nSPS) is 32.1. The molecule has 0 unspecified atom stereocenters. The van der Waals surface area contributed by atoms with Gasteiger partial charge in [-0.05, 0) is 31.1 Å². The summed E-state index contributed by atoms with van der Waals surface area (Å²) in [6, 6.07) is 0.554. The molecule has 2 rings (SSSR count). The van der Waals surface area contributed by atoms with Crippen LogP contribution in [0.15, 0.2) is 0 Å². The number of hydrogen-bond acceptors (Lipinski definition) is 1. The predicted octanol–water partition coefficient (Wildman–Crippen LogP) is 2.06. The summed E-state index contributed by atoms with van der Waals surface area (Å²) in [6.45, 7) is 0. The summed E-state index contributed by atoms with van der Waals surface area (Å²) < 4.78 is 0. The first-order valence-electron chi connectivity index (χ1n) is 4.56. The maximum absolute atomic E-state index is 5.78. The largest absolute Gasteiger partial charge is 0.328 e. The topological polar surface area (TPSA) is 26.0 Å². The van der Waals surface area contributed by atoms with E-state index in [0.717, 1.165) is 5.41 Å². The molecule has 0 heterocycles. The average molecular weight is 139 g/mol. The molecule has 58 valence electrons. The van der Waals surface area contributed by atoms with Crippen molar-refractivity contribution in [3.05, 3.63) is 0 Å². The fraction of sp³-hybridized carbons (Fsp3) is 1.00. The highest BCUT2D eigenvalue weighted by molar-refractivity contribution is 4.97. The lowest BCUT2D eigenvalue weighted by atomic mass is 9.59. The van der Waals surface area contributed by atoms with Crippen LogP contribution in [0.3, 0.4) is 0 Å². The molecule has 0 amide bonds. The summed E-state index contributed by atoms with van der Waals surface area (Å²) in [4.78, 5) is 0. The minimum atomic E-state index is 0.554. The Morgan fingerprint density at radius 1 is 1.00 bits per heavy atom. The molecule has 2 aliphatic rings. The summed E-state index contributed by atoms with van der Waals surface area (Å²) in [7, 11) is 0. The lowest BCUT2D eigenvalue weighted by molar-refractivity contribution is 0.0554. The number of hydrogen-bond donors (Lipinski definition) is 1. The van der Waals surface area contributed by atoms with Crippen LogP contribution in [0, 0.1) is 5.41 Å². The van der Waals surface area contributed by atoms with Crippen LogP contribution in [-0.2, 0) is 0 Å². The first-order valence-corrected chi connectivity index (χ1v) is 4.56. The molecule has 0 bridgehead atoms. The molecule has 0 saturated heterocycles. The van der Waals surface area contributed by atoms with Crippen LogP contribution < -0.4 is 5.73 Å². The van der Waals surface area contributed by atoms with Crippen molar-refractivity contribution < 1.29 is 0 Å². The first-order chi connectivity index (χ1) is 4.81. The van der Waals surface area contributed by atoms with Gasteiger partial charge in [-0.3, -0.25) is 0 Å². The van der Waals surface area contributed by atoms with Crippen molar-refractivity contribution in [1.29, 1.82) is 0 Å². The third-order valence-corrected chi connectivity index (χ3v) is 3.30. The fourth-order valence-electron chi connectivity index (χ4n) is 2.76.